The van der Waals surface area contributed by atoms with Gasteiger partial charge >= 0.3 is 0 Å². The zero-order valence-electron chi connectivity index (χ0n) is 33.6. The van der Waals surface area contributed by atoms with E-state index in [1.807, 2.05) is 178 Å². The van der Waals surface area contributed by atoms with Crippen LogP contribution < -0.4 is 55.5 Å². The van der Waals surface area contributed by atoms with Crippen LogP contribution in [0.25, 0.3) is 0 Å². The van der Waals surface area contributed by atoms with Crippen molar-refractivity contribution < 1.29 is 32.8 Å². The zero-order chi connectivity index (χ0) is 42.3. The predicted molar refractivity (Wildman–Crippen MR) is 244 cm³/mol. The van der Waals surface area contributed by atoms with Crippen molar-refractivity contribution in [2.45, 2.75) is 46.2 Å². The molecule has 2 heterocycles. The lowest BCUT2D eigenvalue weighted by Gasteiger charge is -2.22. The van der Waals surface area contributed by atoms with Crippen molar-refractivity contribution in [1.82, 2.24) is 0 Å². The van der Waals surface area contributed by atoms with Crippen molar-refractivity contribution in [1.29, 1.82) is 0 Å². The van der Waals surface area contributed by atoms with Crippen molar-refractivity contribution in [3.63, 3.8) is 0 Å². The monoisotopic (exact) mass is 874 g/mol. The van der Waals surface area contributed by atoms with Crippen molar-refractivity contribution >= 4 is 69.3 Å². The van der Waals surface area contributed by atoms with E-state index in [-0.39, 0.29) is 5.02 Å². The summed E-state index contributed by atoms with van der Waals surface area (Å²) in [5, 5.41) is 4.41. The van der Waals surface area contributed by atoms with E-state index < -0.39 is 25.9 Å². The molecule has 0 aliphatic carbocycles. The second-order valence-electron chi connectivity index (χ2n) is 15.2. The standard InChI is InChI=1S/C27H22ClO4P.C22H20ClO3P/c1-27(2)31-25-22(30-19-12-6-3-7-13-19)18-23(24(28)26(25)32-27)33(29,20-14-8-4-9-15-20)21-16-10-5-11-17-21;1-15-14-18(19(23)21-20(15)25-22(2,3)26-21)27(24,16-10-6-4-7-11-16)17-12-8-5-9-13-17/h3-18H,1-2H3;4-14H,1-3H3. The quantitative estimate of drug-likeness (QED) is 0.141. The van der Waals surface area contributed by atoms with Gasteiger partial charge < -0.3 is 32.8 Å². The molecule has 9 rings (SSSR count). The van der Waals surface area contributed by atoms with Gasteiger partial charge in [0.05, 0.1) is 10.0 Å². The molecule has 0 amide bonds. The Labute approximate surface area is 360 Å². The van der Waals surface area contributed by atoms with E-state index in [4.69, 9.17) is 46.9 Å². The Morgan fingerprint density at radius 1 is 0.450 bits per heavy atom. The van der Waals surface area contributed by atoms with Gasteiger partial charge in [-0.05, 0) is 36.8 Å². The fourth-order valence-electron chi connectivity index (χ4n) is 7.30. The smallest absolute Gasteiger partial charge is 0.246 e. The molecule has 7 aromatic rings. The molecule has 7 nitrogen and oxygen atoms in total. The molecule has 0 saturated heterocycles. The minimum Gasteiger partial charge on any atom is -0.453 e. The van der Waals surface area contributed by atoms with E-state index in [1.54, 1.807) is 19.9 Å². The lowest BCUT2D eigenvalue weighted by molar-refractivity contribution is -0.0441. The van der Waals surface area contributed by atoms with Gasteiger partial charge in [0.1, 0.15) is 5.75 Å². The molecule has 2 aliphatic heterocycles. The molecule has 0 radical (unpaired) electrons. The number of aryl methyl sites for hydroxylation is 1. The van der Waals surface area contributed by atoms with Gasteiger partial charge in [0.15, 0.2) is 37.3 Å². The maximum Gasteiger partial charge on any atom is 0.246 e. The van der Waals surface area contributed by atoms with Crippen LogP contribution in [-0.2, 0) is 9.13 Å². The number of halogens is 2. The maximum absolute atomic E-state index is 15.0. The zero-order valence-corrected chi connectivity index (χ0v) is 36.9. The van der Waals surface area contributed by atoms with Crippen LogP contribution in [0, 0.1) is 6.92 Å². The molecule has 0 spiro atoms. The number of hydrogen-bond donors (Lipinski definition) is 0. The highest BCUT2D eigenvalue weighted by molar-refractivity contribution is 7.86. The van der Waals surface area contributed by atoms with E-state index in [9.17, 15) is 9.13 Å². The first kappa shape index (κ1) is 41.3. The molecular formula is C49H42Cl2O7P2. The SMILES string of the molecule is CC1(C)Oc2c(Oc3ccccc3)cc(P(=O)(c3ccccc3)c3ccccc3)c(Cl)c2O1.Cc1cc(P(=O)(c2ccccc2)c2ccccc2)c(Cl)c2c1OC(C)(C)O2. The first-order chi connectivity index (χ1) is 28.7. The van der Waals surface area contributed by atoms with Crippen LogP contribution in [0.4, 0.5) is 0 Å². The van der Waals surface area contributed by atoms with E-state index in [1.165, 1.54) is 0 Å². The number of benzene rings is 7. The summed E-state index contributed by atoms with van der Waals surface area (Å²) in [7, 11) is -6.55. The molecule has 0 bridgehead atoms. The summed E-state index contributed by atoms with van der Waals surface area (Å²) in [6.07, 6.45) is 0. The highest BCUT2D eigenvalue weighted by Crippen LogP contribution is 2.56. The highest BCUT2D eigenvalue weighted by Gasteiger charge is 2.43. The van der Waals surface area contributed by atoms with E-state index in [0.29, 0.717) is 60.7 Å². The van der Waals surface area contributed by atoms with Crippen LogP contribution in [0.1, 0.15) is 33.3 Å². The normalized spacial score (nSPS) is 14.5. The summed E-state index contributed by atoms with van der Waals surface area (Å²) in [5.74, 6) is 1.07. The van der Waals surface area contributed by atoms with Gasteiger partial charge in [-0.3, -0.25) is 0 Å². The lowest BCUT2D eigenvalue weighted by atomic mass is 10.2. The fourth-order valence-corrected chi connectivity index (χ4v) is 13.9. The Bertz CT molecular complexity index is 2680. The average Bonchev–Trinajstić information content (AvgIpc) is 3.80. The second kappa shape index (κ2) is 16.2. The molecule has 0 fully saturated rings. The minimum atomic E-state index is -3.37. The first-order valence-corrected chi connectivity index (χ1v) is 23.5. The number of hydrogen-bond acceptors (Lipinski definition) is 7. The van der Waals surface area contributed by atoms with Gasteiger partial charge in [-0.25, -0.2) is 0 Å². The van der Waals surface area contributed by atoms with Crippen LogP contribution in [0.15, 0.2) is 164 Å². The average molecular weight is 876 g/mol. The van der Waals surface area contributed by atoms with Crippen molar-refractivity contribution in [3.05, 3.63) is 179 Å². The van der Waals surface area contributed by atoms with Crippen LogP contribution in [0.5, 0.6) is 34.5 Å². The fraction of sp³-hybridized carbons (Fsp3) is 0.143. The first-order valence-electron chi connectivity index (χ1n) is 19.3. The molecule has 0 unspecified atom stereocenters. The Morgan fingerprint density at radius 3 is 1.17 bits per heavy atom. The predicted octanol–water partition coefficient (Wildman–Crippen LogP) is 11.1. The van der Waals surface area contributed by atoms with Gasteiger partial charge in [0.2, 0.25) is 17.3 Å². The number of para-hydroxylation sites is 1. The molecule has 2 aliphatic rings. The summed E-state index contributed by atoms with van der Waals surface area (Å²) in [4.78, 5) is 0. The Balaban J connectivity index is 0.000000170. The number of ether oxygens (including phenoxy) is 5. The molecular weight excluding hydrogens is 833 g/mol. The topological polar surface area (TPSA) is 80.3 Å². The summed E-state index contributed by atoms with van der Waals surface area (Å²) in [6, 6.07) is 50.6. The van der Waals surface area contributed by atoms with Crippen molar-refractivity contribution in [2.24, 2.45) is 0 Å². The van der Waals surface area contributed by atoms with E-state index in [0.717, 1.165) is 16.2 Å². The molecule has 11 heteroatoms. The lowest BCUT2D eigenvalue weighted by Crippen LogP contribution is -2.30. The maximum atomic E-state index is 15.0. The molecule has 0 N–H and O–H groups in total. The van der Waals surface area contributed by atoms with E-state index >= 15 is 0 Å². The van der Waals surface area contributed by atoms with Gasteiger partial charge in [-0.1, -0.05) is 163 Å². The Kier molecular flexibility index (Phi) is 11.2. The van der Waals surface area contributed by atoms with Crippen LogP contribution in [0.2, 0.25) is 10.0 Å². The Morgan fingerprint density at radius 2 is 0.767 bits per heavy atom. The van der Waals surface area contributed by atoms with Crippen molar-refractivity contribution in [2.75, 3.05) is 0 Å². The molecule has 304 valence electrons. The molecule has 0 aromatic heterocycles. The van der Waals surface area contributed by atoms with E-state index in [2.05, 4.69) is 0 Å². The number of rotatable bonds is 8. The summed E-state index contributed by atoms with van der Waals surface area (Å²) in [5.41, 5.74) is 0.849. The van der Waals surface area contributed by atoms with Gasteiger partial charge in [-0.15, -0.1) is 0 Å². The third kappa shape index (κ3) is 7.72. The minimum absolute atomic E-state index is 0.257. The third-order valence-corrected chi connectivity index (χ3v) is 17.2. The van der Waals surface area contributed by atoms with Crippen molar-refractivity contribution in [3.8, 4) is 34.5 Å². The third-order valence-electron chi connectivity index (χ3n) is 9.98. The summed E-state index contributed by atoms with van der Waals surface area (Å²) >= 11 is 13.7. The second-order valence-corrected chi connectivity index (χ2v) is 21.5. The molecule has 7 aromatic carbocycles. The van der Waals surface area contributed by atoms with Crippen LogP contribution >= 0.6 is 37.5 Å². The summed E-state index contributed by atoms with van der Waals surface area (Å²) < 4.78 is 59.7. The highest BCUT2D eigenvalue weighted by atomic mass is 35.5. The van der Waals surface area contributed by atoms with Crippen LogP contribution in [0.3, 0.4) is 0 Å². The molecule has 0 saturated carbocycles. The van der Waals surface area contributed by atoms with Gasteiger partial charge in [-0.2, -0.15) is 0 Å². The van der Waals surface area contributed by atoms with Gasteiger partial charge in [0, 0.05) is 59.5 Å². The molecule has 0 atom stereocenters. The van der Waals surface area contributed by atoms with Gasteiger partial charge in [0.25, 0.3) is 0 Å². The summed E-state index contributed by atoms with van der Waals surface area (Å²) in [6.45, 7) is 9.17. The number of fused-ring (bicyclic) bond motifs is 2. The Hall–Kier alpha value is -5.42. The largest absolute Gasteiger partial charge is 0.453 e. The van der Waals surface area contributed by atoms with Crippen LogP contribution in [-0.4, -0.2) is 11.6 Å². The molecule has 60 heavy (non-hydrogen) atoms.